The van der Waals surface area contributed by atoms with Gasteiger partial charge in [-0.05, 0) is 144 Å². The van der Waals surface area contributed by atoms with E-state index >= 15 is 0 Å². The summed E-state index contributed by atoms with van der Waals surface area (Å²) in [5, 5.41) is 11.8. The fourth-order valence-electron chi connectivity index (χ4n) is 11.4. The molecule has 0 fully saturated rings. The summed E-state index contributed by atoms with van der Waals surface area (Å²) in [6.07, 6.45) is 0. The van der Waals surface area contributed by atoms with Gasteiger partial charge in [-0.2, -0.15) is 0 Å². The highest BCUT2D eigenvalue weighted by Gasteiger charge is 2.44. The summed E-state index contributed by atoms with van der Waals surface area (Å²) < 4.78 is 114. The van der Waals surface area contributed by atoms with E-state index in [1.54, 1.807) is 0 Å². The number of benzene rings is 13. The van der Waals surface area contributed by atoms with E-state index in [2.05, 4.69) is 72.8 Å². The van der Waals surface area contributed by atoms with Crippen LogP contribution < -0.4 is 21.3 Å². The van der Waals surface area contributed by atoms with E-state index in [0.29, 0.717) is 28.0 Å². The van der Waals surface area contributed by atoms with Crippen LogP contribution in [0.1, 0.15) is 39.1 Å². The van der Waals surface area contributed by atoms with Gasteiger partial charge in [0.1, 0.15) is 0 Å². The second-order valence-corrected chi connectivity index (χ2v) is 17.3. The maximum atomic E-state index is 10.4. The van der Waals surface area contributed by atoms with E-state index in [-0.39, 0.29) is 62.3 Å². The normalized spacial score (nSPS) is 16.8. The van der Waals surface area contributed by atoms with Crippen LogP contribution in [0.4, 0.5) is 17.1 Å². The van der Waals surface area contributed by atoms with Crippen molar-refractivity contribution in [1.29, 1.82) is 0 Å². The molecule has 298 valence electrons. The summed E-state index contributed by atoms with van der Waals surface area (Å²) in [7, 11) is 0. The molecule has 0 radical (unpaired) electrons. The first kappa shape index (κ1) is 25.8. The lowest BCUT2D eigenvalue weighted by molar-refractivity contribution is 0.990. The highest BCUT2D eigenvalue weighted by Crippen LogP contribution is 2.47. The molecule has 2 heteroatoms. The number of nitrogens with zero attached hydrogens (tertiary/aromatic N) is 1. The Bertz CT molecular complexity index is 4570. The van der Waals surface area contributed by atoms with Gasteiger partial charge in [0.2, 0.25) is 6.71 Å². The average Bonchev–Trinajstić information content (AvgIpc) is 3.65. The van der Waals surface area contributed by atoms with E-state index in [0.717, 1.165) is 70.2 Å². The van der Waals surface area contributed by atoms with Crippen molar-refractivity contribution in [3.05, 3.63) is 241 Å². The maximum absolute atomic E-state index is 10.4. The molecule has 65 heavy (non-hydrogen) atoms. The second kappa shape index (κ2) is 13.2. The lowest BCUT2D eigenvalue weighted by atomic mass is 9.31. The van der Waals surface area contributed by atoms with Gasteiger partial charge in [-0.15, -0.1) is 0 Å². The van der Waals surface area contributed by atoms with Crippen molar-refractivity contribution in [2.75, 3.05) is 4.90 Å². The number of fused-ring (bicyclic) bond motifs is 18. The minimum absolute atomic E-state index is 0.102. The molecule has 1 unspecified atom stereocenters. The third kappa shape index (κ3) is 4.89. The third-order valence-electron chi connectivity index (χ3n) is 14.1. The molecule has 0 spiro atoms. The van der Waals surface area contributed by atoms with Gasteiger partial charge in [-0.3, -0.25) is 0 Å². The molecule has 2 aliphatic heterocycles. The van der Waals surface area contributed by atoms with Crippen molar-refractivity contribution in [3.63, 3.8) is 0 Å². The first-order chi connectivity index (χ1) is 37.3. The predicted octanol–water partition coefficient (Wildman–Crippen LogP) is 14.7. The van der Waals surface area contributed by atoms with Crippen LogP contribution >= 0.6 is 0 Å². The summed E-state index contributed by atoms with van der Waals surface area (Å²) in [4.78, 5) is 1.93. The highest BCUT2D eigenvalue weighted by molar-refractivity contribution is 6.99. The molecule has 0 saturated heterocycles. The van der Waals surface area contributed by atoms with Crippen LogP contribution in [0.3, 0.4) is 0 Å². The van der Waals surface area contributed by atoms with Crippen molar-refractivity contribution in [2.45, 2.75) is 5.92 Å². The zero-order valence-electron chi connectivity index (χ0n) is 46.5. The molecule has 15 rings (SSSR count). The fraction of sp³-hybridized carbons (Fsp3) is 0.0159. The Morgan fingerprint density at radius 2 is 0.831 bits per heavy atom. The van der Waals surface area contributed by atoms with Crippen LogP contribution in [-0.2, 0) is 0 Å². The summed E-state index contributed by atoms with van der Waals surface area (Å²) in [6, 6.07) is 46.2. The Morgan fingerprint density at radius 3 is 1.40 bits per heavy atom. The average molecular weight is 832 g/mol. The van der Waals surface area contributed by atoms with Gasteiger partial charge in [0, 0.05) is 23.0 Å². The molecule has 0 bridgehead atoms. The molecule has 13 aromatic carbocycles. The molecular formula is C63H38BN. The van der Waals surface area contributed by atoms with Crippen LogP contribution in [-0.4, -0.2) is 6.71 Å². The number of hydrogen-bond acceptors (Lipinski definition) is 1. The van der Waals surface area contributed by atoms with Crippen molar-refractivity contribution in [1.82, 2.24) is 0 Å². The second-order valence-electron chi connectivity index (χ2n) is 17.3. The molecule has 0 amide bonds. The molecule has 2 heterocycles. The molecule has 1 nitrogen and oxygen atoms in total. The largest absolute Gasteiger partial charge is 0.311 e. The Labute approximate surface area is 393 Å². The Balaban J connectivity index is 1.13. The summed E-state index contributed by atoms with van der Waals surface area (Å²) in [5.41, 5.74) is 4.22. The maximum Gasteiger partial charge on any atom is 0.247 e. The van der Waals surface area contributed by atoms with Crippen molar-refractivity contribution < 1.29 is 16.4 Å². The summed E-state index contributed by atoms with van der Waals surface area (Å²) >= 11 is 0. The van der Waals surface area contributed by atoms with Crippen molar-refractivity contribution in [3.8, 4) is 0 Å². The topological polar surface area (TPSA) is 3.24 Å². The van der Waals surface area contributed by atoms with E-state index in [1.807, 2.05) is 83.8 Å². The van der Waals surface area contributed by atoms with Gasteiger partial charge in [-0.25, -0.2) is 0 Å². The minimum Gasteiger partial charge on any atom is -0.311 e. The summed E-state index contributed by atoms with van der Waals surface area (Å²) in [6.45, 7) is -1.13. The molecule has 13 aromatic rings. The van der Waals surface area contributed by atoms with Gasteiger partial charge >= 0.3 is 0 Å². The molecule has 0 aromatic heterocycles. The smallest absolute Gasteiger partial charge is 0.247 e. The summed E-state index contributed by atoms with van der Waals surface area (Å²) in [5.74, 6) is -0.817. The molecule has 1 atom stereocenters. The van der Waals surface area contributed by atoms with Crippen LogP contribution in [0.2, 0.25) is 0 Å². The molecule has 0 saturated carbocycles. The van der Waals surface area contributed by atoms with Crippen molar-refractivity contribution >= 4 is 126 Å². The molecular weight excluding hydrogens is 782 g/mol. The lowest BCUT2D eigenvalue weighted by Crippen LogP contribution is -2.62. The Kier molecular flexibility index (Phi) is 5.23. The molecule has 0 N–H and O–H groups in total. The van der Waals surface area contributed by atoms with Gasteiger partial charge in [0.15, 0.2) is 0 Å². The third-order valence-corrected chi connectivity index (χ3v) is 14.1. The van der Waals surface area contributed by atoms with E-state index in [4.69, 9.17) is 5.48 Å². The first-order valence-electron chi connectivity index (χ1n) is 27.9. The monoisotopic (exact) mass is 831 g/mol. The van der Waals surface area contributed by atoms with Crippen LogP contribution in [0.25, 0.3) is 86.2 Å². The van der Waals surface area contributed by atoms with E-state index in [1.165, 1.54) is 0 Å². The lowest BCUT2D eigenvalue weighted by Gasteiger charge is -2.43. The van der Waals surface area contributed by atoms with E-state index < -0.39 is 61.0 Å². The first-order valence-corrected chi connectivity index (χ1v) is 21.9. The number of rotatable bonds is 2. The Morgan fingerprint density at radius 1 is 0.369 bits per heavy atom. The van der Waals surface area contributed by atoms with Gasteiger partial charge in [0.05, 0.1) is 16.4 Å². The molecule has 0 aliphatic carbocycles. The highest BCUT2D eigenvalue weighted by atomic mass is 15.2. The standard InChI is InChI=1S/C63H38BN/c1-2-15-39-34-58-57(32-38(39)14-1)62(42-28-30-52-48-22-7-5-18-44(48)46-20-9-11-24-50(46)55(52)33-42)54-26-13-27-60-63(54)64(58)59-35-40-16-3-4-17-41(40)36-61(59)65(60)43-29-31-53-49-23-8-6-19-45(49)47-21-10-12-25-51(47)56(53)37-43/h1-37,62H/i1D,2D,3D,4D,14D,15D,16D,17D,32D,34D,35D,36D. The number of hydrogen-bond donors (Lipinski definition) is 0. The molecule has 2 aliphatic rings. The van der Waals surface area contributed by atoms with Gasteiger partial charge < -0.3 is 4.90 Å². The number of anilines is 3. The minimum atomic E-state index is -1.13. The van der Waals surface area contributed by atoms with Crippen molar-refractivity contribution in [2.24, 2.45) is 0 Å². The SMILES string of the molecule is [2H]c1c([2H])c([2H])c2c([2H])c3c(c([2H])c2c1[2H])B1c2c(cccc2N(c2ccc4c5ccccc5c5ccccc5c4c2)c2c1c([2H])c1c([2H])c([2H])c([2H])c([2H])c1c2[2H])C3c1ccc2c3ccccc3c3ccccc3c2c1. The van der Waals surface area contributed by atoms with Gasteiger partial charge in [-0.1, -0.05) is 199 Å². The van der Waals surface area contributed by atoms with E-state index in [9.17, 15) is 11.0 Å². The quantitative estimate of drug-likeness (QED) is 0.124. The van der Waals surface area contributed by atoms with Crippen LogP contribution in [0, 0.1) is 0 Å². The van der Waals surface area contributed by atoms with Gasteiger partial charge in [0.25, 0.3) is 0 Å². The van der Waals surface area contributed by atoms with Crippen LogP contribution in [0.15, 0.2) is 224 Å². The van der Waals surface area contributed by atoms with Crippen LogP contribution in [0.5, 0.6) is 0 Å². The Hall–Kier alpha value is -8.20. The fourth-order valence-corrected chi connectivity index (χ4v) is 11.4. The zero-order chi connectivity index (χ0) is 52.8. The zero-order valence-corrected chi connectivity index (χ0v) is 34.5. The predicted molar refractivity (Wildman–Crippen MR) is 280 cm³/mol.